The number of hydrogen-bond donors (Lipinski definition) is 1. The van der Waals surface area contributed by atoms with E-state index in [2.05, 4.69) is 0 Å². The van der Waals surface area contributed by atoms with E-state index in [4.69, 9.17) is 0 Å². The van der Waals surface area contributed by atoms with Crippen molar-refractivity contribution in [1.29, 1.82) is 0 Å². The van der Waals surface area contributed by atoms with Gasteiger partial charge in [0.05, 0.1) is 0 Å². The first-order valence-corrected chi connectivity index (χ1v) is 4.94. The minimum absolute atomic E-state index is 0.0813. The lowest BCUT2D eigenvalue weighted by molar-refractivity contribution is -0.111. The topological polar surface area (TPSA) is 37.3 Å². The van der Waals surface area contributed by atoms with Crippen LogP contribution in [0.5, 0.6) is 0 Å². The van der Waals surface area contributed by atoms with Gasteiger partial charge in [-0.2, -0.15) is 0 Å². The van der Waals surface area contributed by atoms with Gasteiger partial charge in [0.25, 0.3) is 0 Å². The summed E-state index contributed by atoms with van der Waals surface area (Å²) in [6.07, 6.45) is 13.9. The molecular weight excluding hydrogens is 188 g/mol. The summed E-state index contributed by atoms with van der Waals surface area (Å²) >= 11 is 0. The van der Waals surface area contributed by atoms with Gasteiger partial charge in [0, 0.05) is 11.6 Å². The predicted octanol–water partition coefficient (Wildman–Crippen LogP) is 2.77. The maximum atomic E-state index is 11.6. The van der Waals surface area contributed by atoms with Gasteiger partial charge < -0.3 is 5.11 Å². The Morgan fingerprint density at radius 3 is 2.27 bits per heavy atom. The average molecular weight is 200 g/mol. The molecule has 0 heterocycles. The molecule has 15 heavy (non-hydrogen) atoms. The Bertz CT molecular complexity index is 431. The van der Waals surface area contributed by atoms with E-state index in [0.717, 1.165) is 11.1 Å². The highest BCUT2D eigenvalue weighted by Crippen LogP contribution is 2.19. The van der Waals surface area contributed by atoms with Crippen LogP contribution in [0, 0.1) is 0 Å². The molecule has 0 unspecified atom stereocenters. The van der Waals surface area contributed by atoms with E-state index in [1.807, 2.05) is 30.4 Å². The fourth-order valence-electron chi connectivity index (χ4n) is 1.58. The molecule has 76 valence electrons. The molecule has 1 N–H and O–H groups in total. The molecule has 0 aromatic heterocycles. The quantitative estimate of drug-likeness (QED) is 0.561. The molecule has 2 aliphatic rings. The van der Waals surface area contributed by atoms with Gasteiger partial charge in [-0.3, -0.25) is 4.79 Å². The van der Waals surface area contributed by atoms with Crippen molar-refractivity contribution in [3.8, 4) is 0 Å². The molecule has 0 atom stereocenters. The van der Waals surface area contributed by atoms with Crippen LogP contribution in [0.4, 0.5) is 0 Å². The molecule has 2 rings (SSSR count). The normalized spacial score (nSPS) is 19.3. The van der Waals surface area contributed by atoms with Crippen molar-refractivity contribution in [3.63, 3.8) is 0 Å². The standard InChI is InChI=1S/C13H12O2/c14-12(10-5-1-2-6-10)9-13(15)11-7-3-4-8-11/h1-5,7,9,14H,6,8H2/b12-9-. The molecule has 0 bridgehead atoms. The van der Waals surface area contributed by atoms with Gasteiger partial charge in [-0.1, -0.05) is 36.5 Å². The van der Waals surface area contributed by atoms with Crippen molar-refractivity contribution in [2.45, 2.75) is 12.8 Å². The van der Waals surface area contributed by atoms with E-state index in [1.54, 1.807) is 6.08 Å². The van der Waals surface area contributed by atoms with Crippen molar-refractivity contribution in [3.05, 3.63) is 59.4 Å². The summed E-state index contributed by atoms with van der Waals surface area (Å²) in [4.78, 5) is 11.6. The third kappa shape index (κ3) is 2.15. The molecule has 0 saturated heterocycles. The van der Waals surface area contributed by atoms with E-state index in [0.29, 0.717) is 12.8 Å². The molecule has 0 amide bonds. The van der Waals surface area contributed by atoms with Crippen molar-refractivity contribution in [2.24, 2.45) is 0 Å². The molecule has 2 aliphatic carbocycles. The zero-order chi connectivity index (χ0) is 10.7. The van der Waals surface area contributed by atoms with E-state index >= 15 is 0 Å². The van der Waals surface area contributed by atoms with Crippen molar-refractivity contribution in [1.82, 2.24) is 0 Å². The number of aliphatic hydroxyl groups excluding tert-OH is 1. The van der Waals surface area contributed by atoms with Crippen LogP contribution in [0.3, 0.4) is 0 Å². The summed E-state index contributed by atoms with van der Waals surface area (Å²) in [5.41, 5.74) is 1.53. The van der Waals surface area contributed by atoms with Gasteiger partial charge >= 0.3 is 0 Å². The van der Waals surface area contributed by atoms with E-state index in [9.17, 15) is 9.90 Å². The van der Waals surface area contributed by atoms with Crippen molar-refractivity contribution < 1.29 is 9.90 Å². The molecule has 0 saturated carbocycles. The molecule has 2 heteroatoms. The highest BCUT2D eigenvalue weighted by atomic mass is 16.3. The summed E-state index contributed by atoms with van der Waals surface area (Å²) in [5, 5.41) is 9.66. The van der Waals surface area contributed by atoms with Crippen molar-refractivity contribution in [2.75, 3.05) is 0 Å². The number of hydrogen-bond acceptors (Lipinski definition) is 2. The van der Waals surface area contributed by atoms with Crippen LogP contribution in [0.25, 0.3) is 0 Å². The second-order valence-corrected chi connectivity index (χ2v) is 3.54. The van der Waals surface area contributed by atoms with Crippen molar-refractivity contribution >= 4 is 5.78 Å². The minimum atomic E-state index is -0.106. The van der Waals surface area contributed by atoms with Crippen LogP contribution >= 0.6 is 0 Å². The maximum Gasteiger partial charge on any atom is 0.185 e. The number of ketones is 1. The summed E-state index contributed by atoms with van der Waals surface area (Å²) < 4.78 is 0. The first-order chi connectivity index (χ1) is 7.27. The Labute approximate surface area is 88.6 Å². The first-order valence-electron chi connectivity index (χ1n) is 4.94. The van der Waals surface area contributed by atoms with Gasteiger partial charge in [0.2, 0.25) is 0 Å². The molecule has 2 nitrogen and oxygen atoms in total. The molecule has 0 radical (unpaired) electrons. The van der Waals surface area contributed by atoms with Crippen LogP contribution in [-0.2, 0) is 4.79 Å². The molecule has 0 aromatic rings. The summed E-state index contributed by atoms with van der Waals surface area (Å²) in [6, 6.07) is 0. The zero-order valence-corrected chi connectivity index (χ0v) is 8.31. The van der Waals surface area contributed by atoms with Crippen LogP contribution < -0.4 is 0 Å². The SMILES string of the molecule is O=C(/C=C(\O)C1=CC=CC1)C1=CC=CC1. The molecule has 0 aromatic carbocycles. The average Bonchev–Trinajstić information content (AvgIpc) is 2.91. The fraction of sp³-hybridized carbons (Fsp3) is 0.154. The fourth-order valence-corrected chi connectivity index (χ4v) is 1.58. The highest BCUT2D eigenvalue weighted by Gasteiger charge is 2.11. The largest absolute Gasteiger partial charge is 0.508 e. The second-order valence-electron chi connectivity index (χ2n) is 3.54. The lowest BCUT2D eigenvalue weighted by Gasteiger charge is -2.00. The maximum absolute atomic E-state index is 11.6. The van der Waals surface area contributed by atoms with Gasteiger partial charge in [-0.05, 0) is 18.4 Å². The Morgan fingerprint density at radius 2 is 1.73 bits per heavy atom. The third-order valence-electron chi connectivity index (χ3n) is 2.46. The Balaban J connectivity index is 2.06. The van der Waals surface area contributed by atoms with Crippen LogP contribution in [0.2, 0.25) is 0 Å². The summed E-state index contributed by atoms with van der Waals surface area (Å²) in [7, 11) is 0. The summed E-state index contributed by atoms with van der Waals surface area (Å²) in [5.74, 6) is -0.0249. The van der Waals surface area contributed by atoms with Gasteiger partial charge in [0.1, 0.15) is 5.76 Å². The summed E-state index contributed by atoms with van der Waals surface area (Å²) in [6.45, 7) is 0. The van der Waals surface area contributed by atoms with Crippen LogP contribution in [0.15, 0.2) is 59.4 Å². The van der Waals surface area contributed by atoms with Gasteiger partial charge in [-0.25, -0.2) is 0 Å². The zero-order valence-electron chi connectivity index (χ0n) is 8.31. The number of aliphatic hydroxyl groups is 1. The monoisotopic (exact) mass is 200 g/mol. The van der Waals surface area contributed by atoms with Crippen LogP contribution in [-0.4, -0.2) is 10.9 Å². The Morgan fingerprint density at radius 1 is 1.13 bits per heavy atom. The van der Waals surface area contributed by atoms with E-state index < -0.39 is 0 Å². The lowest BCUT2D eigenvalue weighted by Crippen LogP contribution is -1.99. The van der Waals surface area contributed by atoms with Gasteiger partial charge in [-0.15, -0.1) is 0 Å². The van der Waals surface area contributed by atoms with E-state index in [1.165, 1.54) is 6.08 Å². The Hall–Kier alpha value is -1.83. The molecular formula is C13H12O2. The second kappa shape index (κ2) is 4.13. The first kappa shape index (κ1) is 9.71. The number of allylic oxidation sites excluding steroid dienone is 9. The highest BCUT2D eigenvalue weighted by molar-refractivity contribution is 6.05. The third-order valence-corrected chi connectivity index (χ3v) is 2.46. The molecule has 0 spiro atoms. The lowest BCUT2D eigenvalue weighted by atomic mass is 10.1. The van der Waals surface area contributed by atoms with E-state index in [-0.39, 0.29) is 11.5 Å². The number of carbonyl (C=O) groups is 1. The Kier molecular flexibility index (Phi) is 2.68. The van der Waals surface area contributed by atoms with Gasteiger partial charge in [0.15, 0.2) is 5.78 Å². The van der Waals surface area contributed by atoms with Crippen LogP contribution in [0.1, 0.15) is 12.8 Å². The number of carbonyl (C=O) groups excluding carboxylic acids is 1. The molecule has 0 aliphatic heterocycles. The molecule has 0 fully saturated rings. The minimum Gasteiger partial charge on any atom is -0.508 e. The number of rotatable bonds is 3. The smallest absolute Gasteiger partial charge is 0.185 e. The predicted molar refractivity (Wildman–Crippen MR) is 59.4 cm³/mol.